The van der Waals surface area contributed by atoms with E-state index in [9.17, 15) is 0 Å². The Morgan fingerprint density at radius 1 is 1.05 bits per heavy atom. The maximum Gasteiger partial charge on any atom is 0.0618 e. The molecule has 0 radical (unpaired) electrons. The highest BCUT2D eigenvalue weighted by Gasteiger charge is 2.08. The first-order valence-corrected chi connectivity index (χ1v) is 6.35. The topological polar surface area (TPSA) is 51.8 Å². The Morgan fingerprint density at radius 2 is 1.84 bits per heavy atom. The lowest BCUT2D eigenvalue weighted by Gasteiger charge is -2.10. The lowest BCUT2D eigenvalue weighted by atomic mass is 10.00. The third kappa shape index (κ3) is 2.18. The fourth-order valence-corrected chi connectivity index (χ4v) is 2.37. The Hall–Kier alpha value is -1.97. The summed E-state index contributed by atoms with van der Waals surface area (Å²) in [4.78, 5) is 8.48. The van der Waals surface area contributed by atoms with Gasteiger partial charge in [0, 0.05) is 41.1 Å². The number of halogens is 1. The van der Waals surface area contributed by atoms with Gasteiger partial charge >= 0.3 is 0 Å². The zero-order valence-corrected chi connectivity index (χ0v) is 10.9. The van der Waals surface area contributed by atoms with E-state index in [4.69, 9.17) is 17.3 Å². The molecule has 0 saturated carbocycles. The van der Waals surface area contributed by atoms with Crippen LogP contribution >= 0.6 is 11.6 Å². The summed E-state index contributed by atoms with van der Waals surface area (Å²) in [5.74, 6) is 0. The van der Waals surface area contributed by atoms with E-state index in [1.54, 1.807) is 12.4 Å². The monoisotopic (exact) mass is 269 g/mol. The van der Waals surface area contributed by atoms with E-state index in [1.807, 2.05) is 36.5 Å². The molecule has 0 aliphatic heterocycles. The molecule has 2 N–H and O–H groups in total. The van der Waals surface area contributed by atoms with Crippen LogP contribution in [0.1, 0.15) is 5.69 Å². The SMILES string of the molecule is NCc1ncc(-c2ccncc2)c2ccc(Cl)cc12. The summed E-state index contributed by atoms with van der Waals surface area (Å²) >= 11 is 6.07. The number of benzene rings is 1. The lowest BCUT2D eigenvalue weighted by molar-refractivity contribution is 1.01. The maximum atomic E-state index is 6.07. The zero-order valence-electron chi connectivity index (χ0n) is 10.2. The van der Waals surface area contributed by atoms with Crippen LogP contribution in [0.2, 0.25) is 5.02 Å². The highest BCUT2D eigenvalue weighted by atomic mass is 35.5. The fraction of sp³-hybridized carbons (Fsp3) is 0.0667. The van der Waals surface area contributed by atoms with E-state index in [1.165, 1.54) is 0 Å². The normalized spacial score (nSPS) is 10.8. The highest BCUT2D eigenvalue weighted by Crippen LogP contribution is 2.30. The summed E-state index contributed by atoms with van der Waals surface area (Å²) in [6, 6.07) is 9.74. The molecule has 2 aromatic heterocycles. The number of fused-ring (bicyclic) bond motifs is 1. The van der Waals surface area contributed by atoms with Gasteiger partial charge in [0.2, 0.25) is 0 Å². The van der Waals surface area contributed by atoms with Gasteiger partial charge in [0.05, 0.1) is 5.69 Å². The van der Waals surface area contributed by atoms with Gasteiger partial charge < -0.3 is 5.73 Å². The van der Waals surface area contributed by atoms with Gasteiger partial charge in [-0.15, -0.1) is 0 Å². The predicted molar refractivity (Wildman–Crippen MR) is 77.9 cm³/mol. The van der Waals surface area contributed by atoms with Crippen molar-refractivity contribution in [3.8, 4) is 11.1 Å². The molecule has 3 nitrogen and oxygen atoms in total. The first-order chi connectivity index (χ1) is 9.29. The van der Waals surface area contributed by atoms with Crippen LogP contribution in [0.25, 0.3) is 21.9 Å². The number of rotatable bonds is 2. The van der Waals surface area contributed by atoms with E-state index >= 15 is 0 Å². The van der Waals surface area contributed by atoms with Gasteiger partial charge in [-0.3, -0.25) is 9.97 Å². The smallest absolute Gasteiger partial charge is 0.0618 e. The van der Waals surface area contributed by atoms with E-state index in [0.717, 1.165) is 27.6 Å². The molecule has 94 valence electrons. The predicted octanol–water partition coefficient (Wildman–Crippen LogP) is 3.41. The molecule has 0 aliphatic carbocycles. The zero-order chi connectivity index (χ0) is 13.2. The van der Waals surface area contributed by atoms with Crippen LogP contribution in [0.5, 0.6) is 0 Å². The van der Waals surface area contributed by atoms with Crippen molar-refractivity contribution < 1.29 is 0 Å². The van der Waals surface area contributed by atoms with Crippen molar-refractivity contribution in [1.82, 2.24) is 9.97 Å². The Morgan fingerprint density at radius 3 is 2.58 bits per heavy atom. The fourth-order valence-electron chi connectivity index (χ4n) is 2.20. The van der Waals surface area contributed by atoms with Crippen molar-refractivity contribution in [1.29, 1.82) is 0 Å². The van der Waals surface area contributed by atoms with Gasteiger partial charge in [0.25, 0.3) is 0 Å². The number of hydrogen-bond acceptors (Lipinski definition) is 3. The quantitative estimate of drug-likeness (QED) is 0.776. The van der Waals surface area contributed by atoms with Crippen molar-refractivity contribution in [2.75, 3.05) is 0 Å². The minimum Gasteiger partial charge on any atom is -0.325 e. The van der Waals surface area contributed by atoms with Gasteiger partial charge in [-0.25, -0.2) is 0 Å². The Balaban J connectivity index is 2.33. The van der Waals surface area contributed by atoms with Crippen LogP contribution < -0.4 is 5.73 Å². The molecule has 0 aliphatic rings. The molecule has 0 amide bonds. The molecule has 0 unspecified atom stereocenters. The summed E-state index contributed by atoms with van der Waals surface area (Å²) < 4.78 is 0. The lowest BCUT2D eigenvalue weighted by Crippen LogP contribution is -2.01. The van der Waals surface area contributed by atoms with E-state index < -0.39 is 0 Å². The van der Waals surface area contributed by atoms with Crippen LogP contribution in [0, 0.1) is 0 Å². The number of aromatic nitrogens is 2. The van der Waals surface area contributed by atoms with Gasteiger partial charge in [0.1, 0.15) is 0 Å². The minimum atomic E-state index is 0.396. The van der Waals surface area contributed by atoms with Crippen LogP contribution in [0.4, 0.5) is 0 Å². The largest absolute Gasteiger partial charge is 0.325 e. The molecular weight excluding hydrogens is 258 g/mol. The standard InChI is InChI=1S/C15H12ClN3/c16-11-1-2-12-13(7-11)15(8-17)19-9-14(12)10-3-5-18-6-4-10/h1-7,9H,8,17H2. The summed E-state index contributed by atoms with van der Waals surface area (Å²) in [5, 5.41) is 2.80. The maximum absolute atomic E-state index is 6.07. The molecule has 2 heterocycles. The first kappa shape index (κ1) is 12.1. The number of pyridine rings is 2. The third-order valence-corrected chi connectivity index (χ3v) is 3.35. The van der Waals surface area contributed by atoms with Crippen molar-refractivity contribution in [2.45, 2.75) is 6.54 Å². The molecule has 1 aromatic carbocycles. The van der Waals surface area contributed by atoms with E-state index in [-0.39, 0.29) is 0 Å². The molecule has 0 fully saturated rings. The van der Waals surface area contributed by atoms with Crippen LogP contribution in [0.3, 0.4) is 0 Å². The molecule has 0 bridgehead atoms. The second-order valence-electron chi connectivity index (χ2n) is 4.25. The van der Waals surface area contributed by atoms with Crippen molar-refractivity contribution in [2.24, 2.45) is 5.73 Å². The minimum absolute atomic E-state index is 0.396. The summed E-state index contributed by atoms with van der Waals surface area (Å²) in [7, 11) is 0. The summed E-state index contributed by atoms with van der Waals surface area (Å²) in [6.45, 7) is 0.396. The average molecular weight is 270 g/mol. The Bertz CT molecular complexity index is 726. The van der Waals surface area contributed by atoms with Gasteiger partial charge in [-0.05, 0) is 35.2 Å². The van der Waals surface area contributed by atoms with Gasteiger partial charge in [0.15, 0.2) is 0 Å². The molecule has 4 heteroatoms. The van der Waals surface area contributed by atoms with E-state index in [2.05, 4.69) is 9.97 Å². The van der Waals surface area contributed by atoms with Crippen LogP contribution in [0.15, 0.2) is 48.9 Å². The molecule has 19 heavy (non-hydrogen) atoms. The second-order valence-corrected chi connectivity index (χ2v) is 4.68. The summed E-state index contributed by atoms with van der Waals surface area (Å²) in [6.07, 6.45) is 5.40. The van der Waals surface area contributed by atoms with Crippen molar-refractivity contribution in [3.63, 3.8) is 0 Å². The van der Waals surface area contributed by atoms with Gasteiger partial charge in [-0.1, -0.05) is 17.7 Å². The Labute approximate surface area is 116 Å². The third-order valence-electron chi connectivity index (χ3n) is 3.12. The van der Waals surface area contributed by atoms with Crippen LogP contribution in [-0.2, 0) is 6.54 Å². The molecule has 3 aromatic rings. The highest BCUT2D eigenvalue weighted by molar-refractivity contribution is 6.31. The van der Waals surface area contributed by atoms with Gasteiger partial charge in [-0.2, -0.15) is 0 Å². The first-order valence-electron chi connectivity index (χ1n) is 5.97. The molecular formula is C15H12ClN3. The number of nitrogens with two attached hydrogens (primary N) is 1. The molecule has 0 atom stereocenters. The summed E-state index contributed by atoms with van der Waals surface area (Å²) in [5.41, 5.74) is 8.74. The molecule has 0 saturated heterocycles. The number of hydrogen-bond donors (Lipinski definition) is 1. The molecule has 0 spiro atoms. The second kappa shape index (κ2) is 4.96. The van der Waals surface area contributed by atoms with Crippen molar-refractivity contribution >= 4 is 22.4 Å². The molecule has 3 rings (SSSR count). The van der Waals surface area contributed by atoms with E-state index in [0.29, 0.717) is 11.6 Å². The average Bonchev–Trinajstić information content (AvgIpc) is 2.47. The van der Waals surface area contributed by atoms with Crippen LogP contribution in [-0.4, -0.2) is 9.97 Å². The Kier molecular flexibility index (Phi) is 3.15. The number of nitrogens with zero attached hydrogens (tertiary/aromatic N) is 2. The van der Waals surface area contributed by atoms with Crippen molar-refractivity contribution in [3.05, 3.63) is 59.6 Å².